The molecule has 1 aliphatic carbocycles. The standard InChI is InChI=1S/C27H28O12/c1-36-21-8-4-16(12-19(21)30)5-9-23(32)38-22-14-27(35,26(34)37-2)13-20(31)25(22)39-24(33)10-6-15-3-7-17(28)18(29)11-15/h3-12,20,22,25,28-31,35H,13-14H2,1-2H3/b9-5+,10-6+/t20-,22-,25-,27+/m1/s1. The van der Waals surface area contributed by atoms with Crippen LogP contribution in [0.2, 0.25) is 0 Å². The fraction of sp³-hybridized carbons (Fsp3) is 0.296. The Morgan fingerprint density at radius 1 is 0.846 bits per heavy atom. The van der Waals surface area contributed by atoms with Crippen LogP contribution in [-0.4, -0.2) is 81.6 Å². The Kier molecular flexibility index (Phi) is 9.17. The number of hydrogen-bond donors (Lipinski definition) is 5. The van der Waals surface area contributed by atoms with Gasteiger partial charge in [-0.15, -0.1) is 0 Å². The van der Waals surface area contributed by atoms with Gasteiger partial charge in [0.2, 0.25) is 0 Å². The number of benzene rings is 2. The van der Waals surface area contributed by atoms with Gasteiger partial charge in [-0.1, -0.05) is 12.1 Å². The molecular formula is C27H28O12. The molecule has 2 aromatic carbocycles. The normalized spacial score (nSPS) is 22.9. The Morgan fingerprint density at radius 2 is 1.44 bits per heavy atom. The van der Waals surface area contributed by atoms with Crippen LogP contribution in [0.25, 0.3) is 12.2 Å². The Morgan fingerprint density at radius 3 is 2.00 bits per heavy atom. The van der Waals surface area contributed by atoms with Crippen molar-refractivity contribution in [1.29, 1.82) is 0 Å². The number of phenols is 3. The highest BCUT2D eigenvalue weighted by Crippen LogP contribution is 2.34. The van der Waals surface area contributed by atoms with Crippen LogP contribution < -0.4 is 4.74 Å². The minimum atomic E-state index is -2.22. The maximum absolute atomic E-state index is 12.6. The van der Waals surface area contributed by atoms with Gasteiger partial charge in [0.05, 0.1) is 20.3 Å². The van der Waals surface area contributed by atoms with Crippen molar-refractivity contribution in [2.24, 2.45) is 0 Å². The number of rotatable bonds is 8. The third kappa shape index (κ3) is 7.27. The molecule has 1 saturated carbocycles. The van der Waals surface area contributed by atoms with E-state index in [1.807, 2.05) is 0 Å². The van der Waals surface area contributed by atoms with Crippen LogP contribution in [0.3, 0.4) is 0 Å². The van der Waals surface area contributed by atoms with Gasteiger partial charge in [-0.25, -0.2) is 14.4 Å². The molecule has 208 valence electrons. The first-order valence-corrected chi connectivity index (χ1v) is 11.6. The van der Waals surface area contributed by atoms with E-state index in [1.54, 1.807) is 6.07 Å². The van der Waals surface area contributed by atoms with E-state index < -0.39 is 60.4 Å². The lowest BCUT2D eigenvalue weighted by Gasteiger charge is -2.41. The summed E-state index contributed by atoms with van der Waals surface area (Å²) < 4.78 is 20.2. The van der Waals surface area contributed by atoms with E-state index in [2.05, 4.69) is 4.74 Å². The molecule has 0 amide bonds. The number of methoxy groups -OCH3 is 2. The molecular weight excluding hydrogens is 516 g/mol. The number of aliphatic hydroxyl groups excluding tert-OH is 1. The van der Waals surface area contributed by atoms with Crippen LogP contribution in [-0.2, 0) is 28.6 Å². The van der Waals surface area contributed by atoms with Crippen molar-refractivity contribution in [3.8, 4) is 23.0 Å². The molecule has 0 spiro atoms. The van der Waals surface area contributed by atoms with Crippen LogP contribution in [0.1, 0.15) is 24.0 Å². The first-order chi connectivity index (χ1) is 18.4. The minimum absolute atomic E-state index is 0.158. The summed E-state index contributed by atoms with van der Waals surface area (Å²) in [7, 11) is 2.42. The highest BCUT2D eigenvalue weighted by molar-refractivity contribution is 5.88. The Labute approximate surface area is 222 Å². The molecule has 3 rings (SSSR count). The molecule has 0 aliphatic heterocycles. The van der Waals surface area contributed by atoms with E-state index in [4.69, 9.17) is 14.2 Å². The van der Waals surface area contributed by atoms with Crippen molar-refractivity contribution in [2.75, 3.05) is 14.2 Å². The average molecular weight is 545 g/mol. The molecule has 4 atom stereocenters. The first-order valence-electron chi connectivity index (χ1n) is 11.6. The van der Waals surface area contributed by atoms with E-state index in [0.29, 0.717) is 11.1 Å². The second-order valence-electron chi connectivity index (χ2n) is 8.72. The number of carbonyl (C=O) groups is 3. The molecule has 2 aromatic rings. The zero-order chi connectivity index (χ0) is 28.7. The number of carbonyl (C=O) groups excluding carboxylic acids is 3. The van der Waals surface area contributed by atoms with E-state index >= 15 is 0 Å². The minimum Gasteiger partial charge on any atom is -0.504 e. The lowest BCUT2D eigenvalue weighted by atomic mass is 9.79. The number of aliphatic hydroxyl groups is 2. The second-order valence-corrected chi connectivity index (χ2v) is 8.72. The summed E-state index contributed by atoms with van der Waals surface area (Å²) in [5.74, 6) is -3.65. The predicted molar refractivity (Wildman–Crippen MR) is 134 cm³/mol. The van der Waals surface area contributed by atoms with E-state index in [9.17, 15) is 39.9 Å². The van der Waals surface area contributed by atoms with Crippen LogP contribution in [0.4, 0.5) is 0 Å². The quantitative estimate of drug-likeness (QED) is 0.139. The maximum atomic E-state index is 12.6. The number of hydrogen-bond acceptors (Lipinski definition) is 12. The van der Waals surface area contributed by atoms with Crippen LogP contribution in [0.15, 0.2) is 48.6 Å². The highest BCUT2D eigenvalue weighted by atomic mass is 16.6. The molecule has 0 heterocycles. The number of esters is 3. The van der Waals surface area contributed by atoms with Gasteiger partial charge < -0.3 is 44.5 Å². The molecule has 1 aliphatic rings. The van der Waals surface area contributed by atoms with Crippen molar-refractivity contribution >= 4 is 30.1 Å². The van der Waals surface area contributed by atoms with Gasteiger partial charge in [-0.3, -0.25) is 0 Å². The number of phenolic OH excluding ortho intramolecular Hbond substituents is 3. The van der Waals surface area contributed by atoms with Gasteiger partial charge in [0, 0.05) is 25.0 Å². The number of aromatic hydroxyl groups is 3. The summed E-state index contributed by atoms with van der Waals surface area (Å²) in [5, 5.41) is 50.3. The summed E-state index contributed by atoms with van der Waals surface area (Å²) in [6.07, 6.45) is -1.02. The van der Waals surface area contributed by atoms with Crippen molar-refractivity contribution in [3.05, 3.63) is 59.7 Å². The molecule has 0 unspecified atom stereocenters. The molecule has 0 aromatic heterocycles. The summed E-state index contributed by atoms with van der Waals surface area (Å²) in [6.45, 7) is 0. The molecule has 0 radical (unpaired) electrons. The Balaban J connectivity index is 1.77. The highest BCUT2D eigenvalue weighted by Gasteiger charge is 2.52. The van der Waals surface area contributed by atoms with Crippen molar-refractivity contribution in [1.82, 2.24) is 0 Å². The molecule has 0 saturated heterocycles. The van der Waals surface area contributed by atoms with Crippen LogP contribution in [0.5, 0.6) is 23.0 Å². The third-order valence-corrected chi connectivity index (χ3v) is 5.94. The Bertz CT molecular complexity index is 1280. The lowest BCUT2D eigenvalue weighted by Crippen LogP contribution is -2.58. The zero-order valence-corrected chi connectivity index (χ0v) is 21.0. The lowest BCUT2D eigenvalue weighted by molar-refractivity contribution is -0.206. The molecule has 5 N–H and O–H groups in total. The van der Waals surface area contributed by atoms with Crippen molar-refractivity contribution in [2.45, 2.75) is 36.8 Å². The van der Waals surface area contributed by atoms with Gasteiger partial charge in [0.25, 0.3) is 0 Å². The number of ether oxygens (including phenoxy) is 4. The van der Waals surface area contributed by atoms with Gasteiger partial charge in [-0.05, 0) is 47.5 Å². The molecule has 0 bridgehead atoms. The van der Waals surface area contributed by atoms with Crippen molar-refractivity contribution in [3.63, 3.8) is 0 Å². The van der Waals surface area contributed by atoms with Gasteiger partial charge in [0.15, 0.2) is 34.7 Å². The monoisotopic (exact) mass is 544 g/mol. The topological polar surface area (TPSA) is 189 Å². The maximum Gasteiger partial charge on any atom is 0.338 e. The zero-order valence-electron chi connectivity index (χ0n) is 21.0. The summed E-state index contributed by atoms with van der Waals surface area (Å²) in [5.41, 5.74) is -1.44. The largest absolute Gasteiger partial charge is 0.504 e. The molecule has 12 heteroatoms. The second kappa shape index (κ2) is 12.3. The first kappa shape index (κ1) is 29.0. The Hall–Kier alpha value is -4.55. The summed E-state index contributed by atoms with van der Waals surface area (Å²) in [6, 6.07) is 8.22. The van der Waals surface area contributed by atoms with Crippen molar-refractivity contribution < 1.29 is 58.9 Å². The van der Waals surface area contributed by atoms with E-state index in [1.165, 1.54) is 49.6 Å². The fourth-order valence-electron chi connectivity index (χ4n) is 4.01. The van der Waals surface area contributed by atoms with E-state index in [-0.39, 0.29) is 17.2 Å². The smallest absolute Gasteiger partial charge is 0.338 e. The molecule has 1 fully saturated rings. The SMILES string of the molecule is COC(=O)[C@]1(O)C[C@@H](O)[C@@H](OC(=O)/C=C/c2ccc(O)c(O)c2)[C@H](OC(=O)/C=C/c2ccc(OC)c(O)c2)C1. The average Bonchev–Trinajstić information content (AvgIpc) is 2.89. The van der Waals surface area contributed by atoms with Gasteiger partial charge in [-0.2, -0.15) is 0 Å². The van der Waals surface area contributed by atoms with Gasteiger partial charge in [0.1, 0.15) is 6.10 Å². The molecule has 12 nitrogen and oxygen atoms in total. The van der Waals surface area contributed by atoms with Crippen LogP contribution in [0, 0.1) is 0 Å². The van der Waals surface area contributed by atoms with Crippen LogP contribution >= 0.6 is 0 Å². The van der Waals surface area contributed by atoms with E-state index in [0.717, 1.165) is 19.3 Å². The molecule has 39 heavy (non-hydrogen) atoms. The third-order valence-electron chi connectivity index (χ3n) is 5.94. The predicted octanol–water partition coefficient (Wildman–Crippen LogP) is 1.42. The van der Waals surface area contributed by atoms with Gasteiger partial charge >= 0.3 is 17.9 Å². The fourth-order valence-corrected chi connectivity index (χ4v) is 4.01. The summed E-state index contributed by atoms with van der Waals surface area (Å²) >= 11 is 0. The summed E-state index contributed by atoms with van der Waals surface area (Å²) in [4.78, 5) is 37.2.